The Labute approximate surface area is 200 Å². The van der Waals surface area contributed by atoms with Crippen molar-refractivity contribution in [2.75, 3.05) is 26.2 Å². The first-order chi connectivity index (χ1) is 17.1. The van der Waals surface area contributed by atoms with Crippen LogP contribution in [0.1, 0.15) is 10.4 Å². The number of fused-ring (bicyclic) bond motifs is 1. The van der Waals surface area contributed by atoms with Gasteiger partial charge in [0.2, 0.25) is 11.1 Å². The largest absolute Gasteiger partial charge is 0.357 e. The number of Topliss-reactive ketones (excluding diaryl/α,β-unsaturated/α-hetero) is 1. The van der Waals surface area contributed by atoms with Gasteiger partial charge in [0, 0.05) is 44.0 Å². The molecule has 0 bridgehead atoms. The van der Waals surface area contributed by atoms with E-state index in [4.69, 9.17) is 5.84 Å². The van der Waals surface area contributed by atoms with E-state index in [9.17, 15) is 14.0 Å². The van der Waals surface area contributed by atoms with Gasteiger partial charge >= 0.3 is 0 Å². The molecule has 35 heavy (non-hydrogen) atoms. The number of hydrogen-bond donors (Lipinski definition) is 2. The average molecular weight is 496 g/mol. The Hall–Kier alpha value is -4.60. The Balaban J connectivity index is 1.34. The predicted octanol–water partition coefficient (Wildman–Crippen LogP) is 1.08. The van der Waals surface area contributed by atoms with E-state index in [0.717, 1.165) is 6.20 Å². The summed E-state index contributed by atoms with van der Waals surface area (Å²) in [7, 11) is 0. The van der Waals surface area contributed by atoms with Crippen molar-refractivity contribution in [3.8, 4) is 5.82 Å². The first kappa shape index (κ1) is 22.2. The van der Waals surface area contributed by atoms with Gasteiger partial charge in [-0.3, -0.25) is 9.59 Å². The van der Waals surface area contributed by atoms with Crippen LogP contribution in [0, 0.1) is 5.82 Å². The smallest absolute Gasteiger partial charge is 0.295 e. The number of nitrogens with zero attached hydrogens (tertiary/aromatic N) is 10. The van der Waals surface area contributed by atoms with Crippen molar-refractivity contribution >= 4 is 45.0 Å². The molecule has 3 N–H and O–H groups in total. The molecule has 4 aromatic rings. The molecule has 178 valence electrons. The zero-order valence-corrected chi connectivity index (χ0v) is 18.8. The van der Waals surface area contributed by atoms with Crippen LogP contribution >= 0.6 is 11.3 Å². The molecule has 5 heterocycles. The molecule has 4 aromatic heterocycles. The summed E-state index contributed by atoms with van der Waals surface area (Å²) >= 11 is 1.33. The van der Waals surface area contributed by atoms with Crippen LogP contribution < -0.4 is 5.84 Å². The second kappa shape index (κ2) is 9.34. The minimum absolute atomic E-state index is 0.0382. The zero-order chi connectivity index (χ0) is 24.4. The van der Waals surface area contributed by atoms with Gasteiger partial charge in [-0.1, -0.05) is 15.6 Å². The lowest BCUT2D eigenvalue weighted by Gasteiger charge is -2.34. The Bertz CT molecular complexity index is 1420. The second-order valence-electron chi connectivity index (χ2n) is 7.28. The van der Waals surface area contributed by atoms with Crippen LogP contribution in [-0.2, 0) is 4.79 Å². The molecule has 0 atom stereocenters. The van der Waals surface area contributed by atoms with Crippen LogP contribution in [0.5, 0.6) is 0 Å². The zero-order valence-electron chi connectivity index (χ0n) is 17.9. The number of guanidine groups is 1. The number of rotatable bonds is 4. The van der Waals surface area contributed by atoms with E-state index in [0.29, 0.717) is 18.2 Å². The number of carbonyl (C=O) groups is 2. The third kappa shape index (κ3) is 4.21. The highest BCUT2D eigenvalue weighted by Crippen LogP contribution is 2.26. The summed E-state index contributed by atoms with van der Waals surface area (Å²) in [4.78, 5) is 44.5. The third-order valence-electron chi connectivity index (χ3n) is 5.33. The molecule has 0 radical (unpaired) electrons. The first-order valence-corrected chi connectivity index (χ1v) is 11.1. The number of halogens is 1. The first-order valence-electron chi connectivity index (χ1n) is 10.3. The average Bonchev–Trinajstić information content (AvgIpc) is 3.66. The van der Waals surface area contributed by atoms with Gasteiger partial charge in [-0.2, -0.15) is 4.99 Å². The lowest BCUT2D eigenvalue weighted by molar-refractivity contribution is -0.127. The molecule has 0 unspecified atom stereocenters. The van der Waals surface area contributed by atoms with Crippen molar-refractivity contribution in [3.63, 3.8) is 0 Å². The summed E-state index contributed by atoms with van der Waals surface area (Å²) < 4.78 is 16.0. The van der Waals surface area contributed by atoms with E-state index in [2.05, 4.69) is 40.6 Å². The van der Waals surface area contributed by atoms with Crippen molar-refractivity contribution < 1.29 is 14.0 Å². The van der Waals surface area contributed by atoms with Gasteiger partial charge < -0.3 is 20.6 Å². The summed E-state index contributed by atoms with van der Waals surface area (Å²) in [5.41, 5.74) is 0.142. The van der Waals surface area contributed by atoms with Gasteiger partial charge in [-0.15, -0.1) is 16.4 Å². The Morgan fingerprint density at radius 1 is 1.14 bits per heavy atom. The van der Waals surface area contributed by atoms with Crippen LogP contribution in [0.4, 0.5) is 9.52 Å². The van der Waals surface area contributed by atoms with Crippen LogP contribution in [0.2, 0.25) is 0 Å². The molecule has 0 saturated carbocycles. The number of aromatic nitrogens is 6. The Morgan fingerprint density at radius 3 is 2.63 bits per heavy atom. The number of piperazine rings is 1. The SMILES string of the molecule is NN=NC(=Nc1nccs1)N1CCN(C(=O)C(=O)c2c[nH]c3c(-n4ccnn4)ncc(F)c23)CC1. The molecule has 1 fully saturated rings. The molecule has 1 aliphatic rings. The molecule has 5 rings (SSSR count). The lowest BCUT2D eigenvalue weighted by Crippen LogP contribution is -2.51. The molecule has 16 heteroatoms. The number of nitrogens with two attached hydrogens (primary N) is 1. The number of amides is 1. The molecule has 1 amide bonds. The van der Waals surface area contributed by atoms with E-state index in [-0.39, 0.29) is 41.3 Å². The summed E-state index contributed by atoms with van der Waals surface area (Å²) in [6.07, 6.45) is 6.86. The number of hydrogen-bond acceptors (Lipinski definition) is 9. The number of nitrogens with one attached hydrogen (secondary N) is 1. The number of thiazole rings is 1. The number of ketones is 1. The summed E-state index contributed by atoms with van der Waals surface area (Å²) in [6.45, 7) is 1.12. The fraction of sp³-hybridized carbons (Fsp3) is 0.211. The summed E-state index contributed by atoms with van der Waals surface area (Å²) in [6, 6.07) is 0. The Kier molecular flexibility index (Phi) is 5.92. The quantitative estimate of drug-likeness (QED) is 0.0802. The van der Waals surface area contributed by atoms with Gasteiger partial charge in [0.1, 0.15) is 0 Å². The van der Waals surface area contributed by atoms with Crippen LogP contribution in [-0.4, -0.2) is 83.6 Å². The van der Waals surface area contributed by atoms with Gasteiger partial charge in [0.15, 0.2) is 11.6 Å². The standard InChI is InChI=1S/C19H17FN12O2S/c20-12-10-24-16(32-3-1-25-29-32)14-13(12)11(9-23-14)15(33)17(34)30-4-6-31(7-5-30)18(27-28-21)26-19-22-2-8-35-19/h1-3,8-10,23H,4-7H2,(H2,21,22,26,27). The molecular formula is C19H17FN12O2S. The fourth-order valence-electron chi connectivity index (χ4n) is 3.70. The highest BCUT2D eigenvalue weighted by molar-refractivity contribution is 7.13. The van der Waals surface area contributed by atoms with E-state index < -0.39 is 17.5 Å². The summed E-state index contributed by atoms with van der Waals surface area (Å²) in [5, 5.41) is 16.9. The molecular weight excluding hydrogens is 479 g/mol. The van der Waals surface area contributed by atoms with Gasteiger partial charge in [-0.25, -0.2) is 19.0 Å². The minimum atomic E-state index is -0.835. The monoisotopic (exact) mass is 496 g/mol. The van der Waals surface area contributed by atoms with Crippen molar-refractivity contribution in [2.24, 2.45) is 21.2 Å². The molecule has 1 saturated heterocycles. The maximum Gasteiger partial charge on any atom is 0.295 e. The molecule has 1 aliphatic heterocycles. The molecule has 0 aliphatic carbocycles. The number of H-pyrrole nitrogens is 1. The molecule has 0 aromatic carbocycles. The maximum absolute atomic E-state index is 14.7. The lowest BCUT2D eigenvalue weighted by atomic mass is 10.1. The number of pyridine rings is 1. The van der Waals surface area contributed by atoms with Crippen LogP contribution in [0.15, 0.2) is 51.7 Å². The third-order valence-corrected chi connectivity index (χ3v) is 6.00. The topological polar surface area (TPSA) is 176 Å². The van der Waals surface area contributed by atoms with Gasteiger partial charge in [-0.05, 0) is 0 Å². The van der Waals surface area contributed by atoms with Gasteiger partial charge in [0.05, 0.1) is 35.1 Å². The highest BCUT2D eigenvalue weighted by Gasteiger charge is 2.31. The van der Waals surface area contributed by atoms with E-state index in [1.807, 2.05) is 0 Å². The number of aromatic amines is 1. The van der Waals surface area contributed by atoms with E-state index in [1.54, 1.807) is 16.5 Å². The number of aliphatic imine (C=N–C) groups is 1. The summed E-state index contributed by atoms with van der Waals surface area (Å²) in [5.74, 6) is 3.40. The van der Waals surface area contributed by atoms with Crippen molar-refractivity contribution in [3.05, 3.63) is 47.7 Å². The minimum Gasteiger partial charge on any atom is -0.357 e. The molecule has 0 spiro atoms. The van der Waals surface area contributed by atoms with Crippen LogP contribution in [0.3, 0.4) is 0 Å². The number of carbonyl (C=O) groups excluding carboxylic acids is 2. The van der Waals surface area contributed by atoms with Crippen LogP contribution in [0.25, 0.3) is 16.7 Å². The molecule has 14 nitrogen and oxygen atoms in total. The van der Waals surface area contributed by atoms with Crippen molar-refractivity contribution in [1.82, 2.24) is 39.7 Å². The predicted molar refractivity (Wildman–Crippen MR) is 122 cm³/mol. The highest BCUT2D eigenvalue weighted by atomic mass is 32.1. The maximum atomic E-state index is 14.7. The van der Waals surface area contributed by atoms with Crippen molar-refractivity contribution in [2.45, 2.75) is 0 Å². The van der Waals surface area contributed by atoms with Gasteiger partial charge in [0.25, 0.3) is 11.7 Å². The Morgan fingerprint density at radius 2 is 1.94 bits per heavy atom. The van der Waals surface area contributed by atoms with Crippen molar-refractivity contribution in [1.29, 1.82) is 0 Å². The normalized spacial score (nSPS) is 14.8. The second-order valence-corrected chi connectivity index (χ2v) is 8.15. The van der Waals surface area contributed by atoms with E-state index in [1.165, 1.54) is 39.5 Å². The van der Waals surface area contributed by atoms with E-state index >= 15 is 0 Å². The fourth-order valence-corrected chi connectivity index (χ4v) is 4.20.